The fraction of sp³-hybridized carbons (Fsp3) is 0.636. The van der Waals surface area contributed by atoms with E-state index in [2.05, 4.69) is 22.2 Å². The maximum Gasteiger partial charge on any atom is 0.159 e. The van der Waals surface area contributed by atoms with E-state index in [1.807, 2.05) is 13.0 Å². The average Bonchev–Trinajstić information content (AvgIpc) is 2.27. The number of ether oxygens (including phenoxy) is 1. The molecule has 1 heterocycles. The molecule has 4 nitrogen and oxygen atoms in total. The van der Waals surface area contributed by atoms with Crippen LogP contribution in [0.3, 0.4) is 0 Å². The fourth-order valence-corrected chi connectivity index (χ4v) is 1.42. The number of hydrogen-bond donors (Lipinski definition) is 1. The summed E-state index contributed by atoms with van der Waals surface area (Å²) in [5.41, 5.74) is 0. The summed E-state index contributed by atoms with van der Waals surface area (Å²) in [5, 5.41) is 3.16. The Morgan fingerprint density at radius 1 is 1.47 bits per heavy atom. The zero-order valence-corrected chi connectivity index (χ0v) is 9.66. The van der Waals surface area contributed by atoms with E-state index in [1.54, 1.807) is 13.3 Å². The average molecular weight is 209 g/mol. The summed E-state index contributed by atoms with van der Waals surface area (Å²) in [6.07, 6.45) is 3.79. The van der Waals surface area contributed by atoms with Gasteiger partial charge in [-0.05, 0) is 19.4 Å². The lowest BCUT2D eigenvalue weighted by Gasteiger charge is -2.13. The van der Waals surface area contributed by atoms with Crippen LogP contribution >= 0.6 is 0 Å². The zero-order valence-electron chi connectivity index (χ0n) is 9.66. The Morgan fingerprint density at radius 3 is 2.87 bits per heavy atom. The second-order valence-electron chi connectivity index (χ2n) is 3.34. The van der Waals surface area contributed by atoms with Crippen molar-refractivity contribution in [3.8, 4) is 0 Å². The molecular weight excluding hydrogens is 190 g/mol. The minimum absolute atomic E-state index is 0.00797. The van der Waals surface area contributed by atoms with Crippen LogP contribution in [0, 0.1) is 0 Å². The summed E-state index contributed by atoms with van der Waals surface area (Å²) in [6.45, 7) is 5.03. The molecule has 0 saturated heterocycles. The maximum absolute atomic E-state index is 5.36. The van der Waals surface area contributed by atoms with Gasteiger partial charge in [-0.3, -0.25) is 0 Å². The van der Waals surface area contributed by atoms with E-state index >= 15 is 0 Å². The molecule has 84 valence electrons. The van der Waals surface area contributed by atoms with Crippen LogP contribution < -0.4 is 5.32 Å². The molecule has 0 amide bonds. The Balaban J connectivity index is 2.77. The number of methoxy groups -OCH3 is 1. The molecule has 1 aromatic heterocycles. The topological polar surface area (TPSA) is 47.0 Å². The third-order valence-corrected chi connectivity index (χ3v) is 2.16. The number of rotatable bonds is 6. The van der Waals surface area contributed by atoms with Crippen LogP contribution in [-0.2, 0) is 4.74 Å². The zero-order chi connectivity index (χ0) is 11.1. The van der Waals surface area contributed by atoms with E-state index < -0.39 is 0 Å². The third-order valence-electron chi connectivity index (χ3n) is 2.16. The quantitative estimate of drug-likeness (QED) is 0.781. The van der Waals surface area contributed by atoms with Gasteiger partial charge in [-0.2, -0.15) is 0 Å². The van der Waals surface area contributed by atoms with Crippen LogP contribution in [0.4, 0.5) is 5.82 Å². The molecule has 0 spiro atoms. The first-order valence-electron chi connectivity index (χ1n) is 5.41. The van der Waals surface area contributed by atoms with Crippen molar-refractivity contribution >= 4 is 5.82 Å². The molecule has 1 aromatic rings. The Labute approximate surface area is 91.1 Å². The molecule has 0 saturated carbocycles. The highest BCUT2D eigenvalue weighted by molar-refractivity contribution is 5.32. The van der Waals surface area contributed by atoms with Crippen LogP contribution in [-0.4, -0.2) is 23.6 Å². The number of hydrogen-bond acceptors (Lipinski definition) is 4. The molecule has 0 aromatic carbocycles. The van der Waals surface area contributed by atoms with Gasteiger partial charge in [0.1, 0.15) is 11.9 Å². The standard InChI is InChI=1S/C11H19N3O/c1-4-6-9(15-3)11-13-8-7-10(14-11)12-5-2/h7-9H,4-6H2,1-3H3,(H,12,13,14). The molecule has 0 aliphatic carbocycles. The first kappa shape index (κ1) is 11.9. The highest BCUT2D eigenvalue weighted by Crippen LogP contribution is 2.18. The van der Waals surface area contributed by atoms with Crippen molar-refractivity contribution in [1.29, 1.82) is 0 Å². The van der Waals surface area contributed by atoms with Crippen molar-refractivity contribution < 1.29 is 4.74 Å². The van der Waals surface area contributed by atoms with Crippen molar-refractivity contribution in [2.75, 3.05) is 19.0 Å². The summed E-state index contributed by atoms with van der Waals surface area (Å²) in [4.78, 5) is 8.64. The molecule has 1 unspecified atom stereocenters. The lowest BCUT2D eigenvalue weighted by atomic mass is 10.2. The van der Waals surface area contributed by atoms with Crippen molar-refractivity contribution in [1.82, 2.24) is 9.97 Å². The van der Waals surface area contributed by atoms with Gasteiger partial charge in [0.2, 0.25) is 0 Å². The molecule has 1 N–H and O–H groups in total. The molecule has 1 rings (SSSR count). The van der Waals surface area contributed by atoms with Gasteiger partial charge in [0.05, 0.1) is 0 Å². The van der Waals surface area contributed by atoms with E-state index in [9.17, 15) is 0 Å². The second-order valence-corrected chi connectivity index (χ2v) is 3.34. The molecule has 0 aliphatic heterocycles. The Morgan fingerprint density at radius 2 is 2.27 bits per heavy atom. The van der Waals surface area contributed by atoms with E-state index in [0.29, 0.717) is 0 Å². The van der Waals surface area contributed by atoms with Gasteiger partial charge in [0, 0.05) is 19.9 Å². The summed E-state index contributed by atoms with van der Waals surface area (Å²) in [5.74, 6) is 1.62. The molecule has 4 heteroatoms. The smallest absolute Gasteiger partial charge is 0.159 e. The predicted octanol–water partition coefficient (Wildman–Crippen LogP) is 2.40. The second kappa shape index (κ2) is 6.35. The Kier molecular flexibility index (Phi) is 5.04. The van der Waals surface area contributed by atoms with Crippen molar-refractivity contribution in [3.63, 3.8) is 0 Å². The molecule has 0 aliphatic rings. The normalized spacial score (nSPS) is 12.5. The van der Waals surface area contributed by atoms with Crippen LogP contribution in [0.25, 0.3) is 0 Å². The third kappa shape index (κ3) is 3.47. The molecule has 0 bridgehead atoms. The molecule has 1 atom stereocenters. The van der Waals surface area contributed by atoms with Crippen LogP contribution in [0.5, 0.6) is 0 Å². The minimum Gasteiger partial charge on any atom is -0.373 e. The van der Waals surface area contributed by atoms with Gasteiger partial charge in [0.25, 0.3) is 0 Å². The fourth-order valence-electron chi connectivity index (χ4n) is 1.42. The summed E-state index contributed by atoms with van der Waals surface area (Å²) in [7, 11) is 1.70. The number of aromatic nitrogens is 2. The van der Waals surface area contributed by atoms with Crippen molar-refractivity contribution in [2.24, 2.45) is 0 Å². The van der Waals surface area contributed by atoms with E-state index in [-0.39, 0.29) is 6.10 Å². The maximum atomic E-state index is 5.36. The Hall–Kier alpha value is -1.16. The highest BCUT2D eigenvalue weighted by atomic mass is 16.5. The monoisotopic (exact) mass is 209 g/mol. The van der Waals surface area contributed by atoms with Crippen LogP contribution in [0.1, 0.15) is 38.6 Å². The predicted molar refractivity (Wildman–Crippen MR) is 60.9 cm³/mol. The summed E-state index contributed by atoms with van der Waals surface area (Å²) < 4.78 is 5.36. The number of nitrogens with zero attached hydrogens (tertiary/aromatic N) is 2. The van der Waals surface area contributed by atoms with Gasteiger partial charge in [-0.25, -0.2) is 9.97 Å². The number of nitrogens with one attached hydrogen (secondary N) is 1. The molecule has 0 radical (unpaired) electrons. The lowest BCUT2D eigenvalue weighted by Crippen LogP contribution is -2.08. The largest absolute Gasteiger partial charge is 0.373 e. The summed E-state index contributed by atoms with van der Waals surface area (Å²) in [6, 6.07) is 1.87. The first-order chi connectivity index (χ1) is 7.31. The van der Waals surface area contributed by atoms with Crippen molar-refractivity contribution in [3.05, 3.63) is 18.1 Å². The lowest BCUT2D eigenvalue weighted by molar-refractivity contribution is 0.0877. The van der Waals surface area contributed by atoms with Crippen molar-refractivity contribution in [2.45, 2.75) is 32.8 Å². The van der Waals surface area contributed by atoms with E-state index in [4.69, 9.17) is 4.74 Å². The van der Waals surface area contributed by atoms with Crippen LogP contribution in [0.2, 0.25) is 0 Å². The van der Waals surface area contributed by atoms with E-state index in [1.165, 1.54) is 0 Å². The molecule has 15 heavy (non-hydrogen) atoms. The van der Waals surface area contributed by atoms with Crippen LogP contribution in [0.15, 0.2) is 12.3 Å². The van der Waals surface area contributed by atoms with Gasteiger partial charge < -0.3 is 10.1 Å². The SMILES string of the molecule is CCCC(OC)c1nccc(NCC)n1. The minimum atomic E-state index is 0.00797. The molecule has 0 fully saturated rings. The van der Waals surface area contributed by atoms with Gasteiger partial charge in [-0.1, -0.05) is 13.3 Å². The summed E-state index contributed by atoms with van der Waals surface area (Å²) >= 11 is 0. The van der Waals surface area contributed by atoms with E-state index in [0.717, 1.165) is 31.0 Å². The number of anilines is 1. The first-order valence-corrected chi connectivity index (χ1v) is 5.41. The van der Waals surface area contributed by atoms with Gasteiger partial charge in [-0.15, -0.1) is 0 Å². The van der Waals surface area contributed by atoms with Gasteiger partial charge in [0.15, 0.2) is 5.82 Å². The highest BCUT2D eigenvalue weighted by Gasteiger charge is 2.12. The molecular formula is C11H19N3O. The Bertz CT molecular complexity index is 291. The van der Waals surface area contributed by atoms with Gasteiger partial charge >= 0.3 is 0 Å².